The van der Waals surface area contributed by atoms with Crippen molar-refractivity contribution in [2.24, 2.45) is 11.3 Å². The number of nitrogens with one attached hydrogen (secondary N) is 1. The van der Waals surface area contributed by atoms with Gasteiger partial charge in [0, 0.05) is 50.3 Å². The van der Waals surface area contributed by atoms with E-state index >= 15 is 0 Å². The smallest absolute Gasteiger partial charge is 0.263 e. The van der Waals surface area contributed by atoms with Gasteiger partial charge in [0.1, 0.15) is 0 Å². The van der Waals surface area contributed by atoms with Crippen LogP contribution in [0.3, 0.4) is 0 Å². The second kappa shape index (κ2) is 9.41. The number of pyridine rings is 1. The average Bonchev–Trinajstić information content (AvgIpc) is 3.43. The van der Waals surface area contributed by atoms with E-state index < -0.39 is 11.3 Å². The van der Waals surface area contributed by atoms with Crippen molar-refractivity contribution in [3.8, 4) is 0 Å². The van der Waals surface area contributed by atoms with Gasteiger partial charge in [-0.05, 0) is 67.0 Å². The highest BCUT2D eigenvalue weighted by atomic mass is 32.1. The summed E-state index contributed by atoms with van der Waals surface area (Å²) in [5, 5.41) is 4.02. The highest BCUT2D eigenvalue weighted by Crippen LogP contribution is 2.43. The molecule has 2 aliphatic rings. The molecule has 3 aromatic rings. The Balaban J connectivity index is 1.25. The molecule has 182 valence electrons. The van der Waals surface area contributed by atoms with Gasteiger partial charge in [-0.1, -0.05) is 12.1 Å². The quantitative estimate of drug-likeness (QED) is 0.595. The van der Waals surface area contributed by atoms with Crippen molar-refractivity contribution in [3.05, 3.63) is 64.8 Å². The summed E-state index contributed by atoms with van der Waals surface area (Å²) in [5.41, 5.74) is 1.56. The Morgan fingerprint density at radius 3 is 2.66 bits per heavy atom. The molecule has 8 heteroatoms. The number of nitrogens with zero attached hydrogens (tertiary/aromatic N) is 3. The number of carbonyl (C=O) groups excluding carboxylic acids is 3. The van der Waals surface area contributed by atoms with Gasteiger partial charge in [0.25, 0.3) is 5.91 Å². The van der Waals surface area contributed by atoms with Crippen molar-refractivity contribution in [3.63, 3.8) is 0 Å². The number of carbonyl (C=O) groups is 3. The van der Waals surface area contributed by atoms with Crippen molar-refractivity contribution < 1.29 is 14.4 Å². The van der Waals surface area contributed by atoms with Gasteiger partial charge >= 0.3 is 0 Å². The maximum Gasteiger partial charge on any atom is 0.263 e. The zero-order valence-electron chi connectivity index (χ0n) is 20.1. The predicted octanol–water partition coefficient (Wildman–Crippen LogP) is 3.27. The van der Waals surface area contributed by atoms with E-state index in [2.05, 4.69) is 22.4 Å². The van der Waals surface area contributed by atoms with Crippen LogP contribution in [0.5, 0.6) is 0 Å². The molecule has 1 N–H and O–H groups in total. The SMILES string of the molecule is Cc1ccc2cc(C(=O)N3CCC4(CC3)C(=O)NC[C@@H]4C(=O)N(C)CCc3ccncc3)sc2c1. The number of amides is 3. The Bertz CT molecular complexity index is 1260. The van der Waals surface area contributed by atoms with Crippen LogP contribution in [0.1, 0.15) is 33.6 Å². The highest BCUT2D eigenvalue weighted by Gasteiger charge is 2.55. The summed E-state index contributed by atoms with van der Waals surface area (Å²) in [4.78, 5) is 47.9. The second-order valence-corrected chi connectivity index (χ2v) is 10.8. The molecule has 3 amide bonds. The Kier molecular flexibility index (Phi) is 6.32. The van der Waals surface area contributed by atoms with Gasteiger partial charge in [-0.2, -0.15) is 0 Å². The molecule has 5 rings (SSSR count). The van der Waals surface area contributed by atoms with Gasteiger partial charge in [-0.15, -0.1) is 11.3 Å². The zero-order valence-corrected chi connectivity index (χ0v) is 20.9. The molecule has 0 saturated carbocycles. The van der Waals surface area contributed by atoms with Gasteiger partial charge in [0.15, 0.2) is 0 Å². The maximum atomic E-state index is 13.4. The maximum absolute atomic E-state index is 13.4. The standard InChI is InChI=1S/C27H30N4O3S/c1-18-3-4-20-16-23(35-22(20)15-18)25(33)31-13-8-27(9-14-31)21(17-29-26(27)34)24(32)30(2)12-7-19-5-10-28-11-6-19/h3-6,10-11,15-16,21H,7-9,12-14,17H2,1-2H3,(H,29,34)/t21-/m1/s1. The number of fused-ring (bicyclic) bond motifs is 1. The van der Waals surface area contributed by atoms with E-state index in [0.717, 1.165) is 26.9 Å². The van der Waals surface area contributed by atoms with E-state index in [9.17, 15) is 14.4 Å². The van der Waals surface area contributed by atoms with Gasteiger partial charge in [-0.3, -0.25) is 19.4 Å². The molecule has 2 aliphatic heterocycles. The molecule has 0 unspecified atom stereocenters. The van der Waals surface area contributed by atoms with Crippen LogP contribution in [-0.2, 0) is 16.0 Å². The van der Waals surface area contributed by atoms with Crippen LogP contribution in [0, 0.1) is 18.3 Å². The number of hydrogen-bond acceptors (Lipinski definition) is 5. The van der Waals surface area contributed by atoms with Crippen LogP contribution in [0.4, 0.5) is 0 Å². The van der Waals surface area contributed by atoms with Gasteiger partial charge in [-0.25, -0.2) is 0 Å². The van der Waals surface area contributed by atoms with E-state index in [4.69, 9.17) is 0 Å². The monoisotopic (exact) mass is 490 g/mol. The van der Waals surface area contributed by atoms with Crippen LogP contribution in [0.2, 0.25) is 0 Å². The number of piperidine rings is 1. The van der Waals surface area contributed by atoms with E-state index in [1.807, 2.05) is 43.1 Å². The highest BCUT2D eigenvalue weighted by molar-refractivity contribution is 7.20. The minimum atomic E-state index is -0.740. The Labute approximate surface area is 209 Å². The summed E-state index contributed by atoms with van der Waals surface area (Å²) < 4.78 is 1.11. The van der Waals surface area contributed by atoms with Crippen LogP contribution in [-0.4, -0.2) is 65.7 Å². The molecule has 0 aliphatic carbocycles. The van der Waals surface area contributed by atoms with Crippen molar-refractivity contribution in [2.75, 3.05) is 33.2 Å². The van der Waals surface area contributed by atoms with Crippen LogP contribution in [0.25, 0.3) is 10.1 Å². The van der Waals surface area contributed by atoms with Gasteiger partial charge < -0.3 is 15.1 Å². The van der Waals surface area contributed by atoms with Crippen LogP contribution in [0.15, 0.2) is 48.8 Å². The predicted molar refractivity (Wildman–Crippen MR) is 136 cm³/mol. The molecule has 2 saturated heterocycles. The molecule has 0 radical (unpaired) electrons. The number of rotatable bonds is 5. The summed E-state index contributed by atoms with van der Waals surface area (Å²) in [6.45, 7) is 3.94. The first kappa shape index (κ1) is 23.5. The lowest BCUT2D eigenvalue weighted by molar-refractivity contribution is -0.144. The van der Waals surface area contributed by atoms with Gasteiger partial charge in [0.2, 0.25) is 11.8 Å². The molecular formula is C27H30N4O3S. The molecule has 1 aromatic carbocycles. The van der Waals surface area contributed by atoms with Crippen LogP contribution < -0.4 is 5.32 Å². The largest absolute Gasteiger partial charge is 0.355 e. The lowest BCUT2D eigenvalue weighted by atomic mass is 9.69. The third kappa shape index (κ3) is 4.43. The summed E-state index contributed by atoms with van der Waals surface area (Å²) in [7, 11) is 1.81. The second-order valence-electron chi connectivity index (χ2n) is 9.73. The van der Waals surface area contributed by atoms with E-state index in [0.29, 0.717) is 39.0 Å². The number of aryl methyl sites for hydroxylation is 1. The van der Waals surface area contributed by atoms with E-state index in [-0.39, 0.29) is 17.7 Å². The van der Waals surface area contributed by atoms with E-state index in [1.165, 1.54) is 16.9 Å². The van der Waals surface area contributed by atoms with Crippen LogP contribution >= 0.6 is 11.3 Å². The fourth-order valence-electron chi connectivity index (χ4n) is 5.35. The lowest BCUT2D eigenvalue weighted by Crippen LogP contribution is -2.51. The fourth-order valence-corrected chi connectivity index (χ4v) is 6.48. The molecule has 35 heavy (non-hydrogen) atoms. The van der Waals surface area contributed by atoms with Crippen molar-refractivity contribution in [1.29, 1.82) is 0 Å². The minimum Gasteiger partial charge on any atom is -0.355 e. The molecule has 2 fully saturated rings. The molecule has 1 atom stereocenters. The van der Waals surface area contributed by atoms with Crippen molar-refractivity contribution in [2.45, 2.75) is 26.2 Å². The first-order chi connectivity index (χ1) is 16.9. The summed E-state index contributed by atoms with van der Waals surface area (Å²) in [5.74, 6) is -0.448. The first-order valence-corrected chi connectivity index (χ1v) is 12.9. The molecule has 1 spiro atoms. The fraction of sp³-hybridized carbons (Fsp3) is 0.407. The average molecular weight is 491 g/mol. The van der Waals surface area contributed by atoms with Gasteiger partial charge in [0.05, 0.1) is 16.2 Å². The Hall–Kier alpha value is -3.26. The van der Waals surface area contributed by atoms with Crippen molar-refractivity contribution in [1.82, 2.24) is 20.1 Å². The number of aromatic nitrogens is 1. The molecule has 0 bridgehead atoms. The molecule has 4 heterocycles. The number of likely N-dealkylation sites (tertiary alicyclic amines) is 1. The lowest BCUT2D eigenvalue weighted by Gasteiger charge is -2.41. The van der Waals surface area contributed by atoms with Crippen molar-refractivity contribution >= 4 is 39.1 Å². The topological polar surface area (TPSA) is 82.6 Å². The number of benzene rings is 1. The minimum absolute atomic E-state index is 0.00272. The summed E-state index contributed by atoms with van der Waals surface area (Å²) >= 11 is 1.52. The first-order valence-electron chi connectivity index (χ1n) is 12.1. The third-order valence-electron chi connectivity index (χ3n) is 7.57. The summed E-state index contributed by atoms with van der Waals surface area (Å²) in [6.07, 6.45) is 5.25. The van der Waals surface area contributed by atoms with E-state index in [1.54, 1.807) is 17.3 Å². The number of hydrogen-bond donors (Lipinski definition) is 1. The number of likely N-dealkylation sites (N-methyl/N-ethyl adjacent to an activating group) is 1. The summed E-state index contributed by atoms with van der Waals surface area (Å²) in [6, 6.07) is 12.1. The zero-order chi connectivity index (χ0) is 24.6. The molecular weight excluding hydrogens is 460 g/mol. The number of thiophene rings is 1. The Morgan fingerprint density at radius 2 is 1.91 bits per heavy atom. The molecule has 2 aromatic heterocycles. The third-order valence-corrected chi connectivity index (χ3v) is 8.66. The Morgan fingerprint density at radius 1 is 1.17 bits per heavy atom. The normalized spacial score (nSPS) is 19.2. The molecule has 7 nitrogen and oxygen atoms in total.